The van der Waals surface area contributed by atoms with Crippen molar-refractivity contribution in [1.82, 2.24) is 14.5 Å². The van der Waals surface area contributed by atoms with Gasteiger partial charge in [-0.2, -0.15) is 0 Å². The highest BCUT2D eigenvalue weighted by atomic mass is 32.1. The summed E-state index contributed by atoms with van der Waals surface area (Å²) in [5, 5.41) is 0. The Morgan fingerprint density at radius 3 is 2.82 bits per heavy atom. The Labute approximate surface area is 105 Å². The zero-order valence-corrected chi connectivity index (χ0v) is 10.8. The molecule has 90 valence electrons. The van der Waals surface area contributed by atoms with E-state index >= 15 is 0 Å². The maximum Gasteiger partial charge on any atom is 0.223 e. The standard InChI is InChI=1S/C12H15N3OS/c1-14(2)11(16)7-8-15-10-6-4-3-5-9(10)13-12(15)17/h3-6H,7-8H2,1-2H3,(H,13,17). The number of aromatic amines is 1. The van der Waals surface area contributed by atoms with Crippen LogP contribution in [0.2, 0.25) is 0 Å². The minimum Gasteiger partial charge on any atom is -0.349 e. The molecule has 0 saturated carbocycles. The van der Waals surface area contributed by atoms with Gasteiger partial charge in [-0.25, -0.2) is 0 Å². The molecule has 0 aliphatic rings. The Morgan fingerprint density at radius 2 is 2.12 bits per heavy atom. The van der Waals surface area contributed by atoms with Crippen LogP contribution in [0.4, 0.5) is 0 Å². The van der Waals surface area contributed by atoms with Crippen molar-refractivity contribution in [1.29, 1.82) is 0 Å². The van der Waals surface area contributed by atoms with Crippen LogP contribution in [0, 0.1) is 4.77 Å². The lowest BCUT2D eigenvalue weighted by atomic mass is 10.3. The van der Waals surface area contributed by atoms with Gasteiger partial charge in [0.1, 0.15) is 0 Å². The van der Waals surface area contributed by atoms with E-state index in [1.54, 1.807) is 19.0 Å². The topological polar surface area (TPSA) is 41.0 Å². The summed E-state index contributed by atoms with van der Waals surface area (Å²) in [6, 6.07) is 7.91. The molecule has 0 atom stereocenters. The quantitative estimate of drug-likeness (QED) is 0.847. The number of hydrogen-bond donors (Lipinski definition) is 1. The van der Waals surface area contributed by atoms with Gasteiger partial charge in [0.05, 0.1) is 11.0 Å². The van der Waals surface area contributed by atoms with Crippen molar-refractivity contribution in [2.75, 3.05) is 14.1 Å². The molecular formula is C12H15N3OS. The first-order valence-corrected chi connectivity index (χ1v) is 5.88. The van der Waals surface area contributed by atoms with Crippen LogP contribution in [0.5, 0.6) is 0 Å². The molecule has 0 fully saturated rings. The van der Waals surface area contributed by atoms with E-state index in [4.69, 9.17) is 12.2 Å². The molecule has 0 saturated heterocycles. The average molecular weight is 249 g/mol. The van der Waals surface area contributed by atoms with Crippen LogP contribution < -0.4 is 0 Å². The summed E-state index contributed by atoms with van der Waals surface area (Å²) < 4.78 is 2.63. The monoisotopic (exact) mass is 249 g/mol. The van der Waals surface area contributed by atoms with E-state index in [-0.39, 0.29) is 5.91 Å². The summed E-state index contributed by atoms with van der Waals surface area (Å²) in [6.45, 7) is 0.611. The maximum absolute atomic E-state index is 11.6. The molecule has 1 aromatic heterocycles. The number of carbonyl (C=O) groups is 1. The SMILES string of the molecule is CN(C)C(=O)CCn1c(=S)[nH]c2ccccc21. The molecule has 2 aromatic rings. The van der Waals surface area contributed by atoms with Crippen molar-refractivity contribution < 1.29 is 4.79 Å². The molecule has 0 unspecified atom stereocenters. The summed E-state index contributed by atoms with van der Waals surface area (Å²) in [6.07, 6.45) is 0.461. The number of carbonyl (C=O) groups excluding carboxylic acids is 1. The third-order valence-corrected chi connectivity index (χ3v) is 3.05. The first kappa shape index (κ1) is 11.9. The first-order valence-electron chi connectivity index (χ1n) is 5.47. The Balaban J connectivity index is 2.27. The zero-order valence-electron chi connectivity index (χ0n) is 9.93. The average Bonchev–Trinajstić information content (AvgIpc) is 2.61. The summed E-state index contributed by atoms with van der Waals surface area (Å²) in [5.74, 6) is 0.109. The Morgan fingerprint density at radius 1 is 1.41 bits per heavy atom. The van der Waals surface area contributed by atoms with Crippen molar-refractivity contribution in [3.8, 4) is 0 Å². The van der Waals surface area contributed by atoms with Crippen LogP contribution >= 0.6 is 12.2 Å². The van der Waals surface area contributed by atoms with E-state index < -0.39 is 0 Å². The third kappa shape index (κ3) is 2.39. The van der Waals surface area contributed by atoms with Gasteiger partial charge in [0.25, 0.3) is 0 Å². The normalized spacial score (nSPS) is 10.7. The van der Waals surface area contributed by atoms with E-state index in [0.29, 0.717) is 17.7 Å². The molecule has 0 aliphatic carbocycles. The molecule has 0 bridgehead atoms. The predicted molar refractivity (Wildman–Crippen MR) is 70.4 cm³/mol. The minimum atomic E-state index is 0.109. The summed E-state index contributed by atoms with van der Waals surface area (Å²) in [4.78, 5) is 16.3. The maximum atomic E-state index is 11.6. The van der Waals surface area contributed by atoms with Gasteiger partial charge >= 0.3 is 0 Å². The van der Waals surface area contributed by atoms with Crippen molar-refractivity contribution in [2.45, 2.75) is 13.0 Å². The lowest BCUT2D eigenvalue weighted by Gasteiger charge is -2.10. The van der Waals surface area contributed by atoms with E-state index in [2.05, 4.69) is 4.98 Å². The molecule has 1 N–H and O–H groups in total. The van der Waals surface area contributed by atoms with Gasteiger partial charge in [0, 0.05) is 27.1 Å². The molecule has 4 nitrogen and oxygen atoms in total. The van der Waals surface area contributed by atoms with Crippen LogP contribution in [0.3, 0.4) is 0 Å². The number of imidazole rings is 1. The number of hydrogen-bond acceptors (Lipinski definition) is 2. The van der Waals surface area contributed by atoms with Crippen LogP contribution in [0.15, 0.2) is 24.3 Å². The first-order chi connectivity index (χ1) is 8.09. The number of rotatable bonds is 3. The second-order valence-corrected chi connectivity index (χ2v) is 4.52. The highest BCUT2D eigenvalue weighted by Gasteiger charge is 2.07. The van der Waals surface area contributed by atoms with Gasteiger partial charge in [-0.3, -0.25) is 4.79 Å². The van der Waals surface area contributed by atoms with Gasteiger partial charge in [-0.15, -0.1) is 0 Å². The van der Waals surface area contributed by atoms with Crippen molar-refractivity contribution in [3.63, 3.8) is 0 Å². The largest absolute Gasteiger partial charge is 0.349 e. The molecule has 1 heterocycles. The van der Waals surface area contributed by atoms with Crippen LogP contribution in [0.1, 0.15) is 6.42 Å². The van der Waals surface area contributed by atoms with E-state index in [9.17, 15) is 4.79 Å². The number of para-hydroxylation sites is 2. The van der Waals surface area contributed by atoms with Crippen molar-refractivity contribution >= 4 is 29.2 Å². The molecule has 0 aliphatic heterocycles. The zero-order chi connectivity index (χ0) is 12.4. The second kappa shape index (κ2) is 4.71. The predicted octanol–water partition coefficient (Wildman–Crippen LogP) is 2.18. The van der Waals surface area contributed by atoms with Gasteiger partial charge in [0.15, 0.2) is 4.77 Å². The smallest absolute Gasteiger partial charge is 0.223 e. The lowest BCUT2D eigenvalue weighted by molar-refractivity contribution is -0.128. The number of amides is 1. The molecule has 17 heavy (non-hydrogen) atoms. The van der Waals surface area contributed by atoms with E-state index in [1.165, 1.54) is 0 Å². The van der Waals surface area contributed by atoms with Gasteiger partial charge in [-0.1, -0.05) is 12.1 Å². The second-order valence-electron chi connectivity index (χ2n) is 4.14. The highest BCUT2D eigenvalue weighted by molar-refractivity contribution is 7.71. The fourth-order valence-corrected chi connectivity index (χ4v) is 2.06. The van der Waals surface area contributed by atoms with Gasteiger partial charge < -0.3 is 14.5 Å². The number of fused-ring (bicyclic) bond motifs is 1. The molecule has 1 amide bonds. The highest BCUT2D eigenvalue weighted by Crippen LogP contribution is 2.13. The van der Waals surface area contributed by atoms with Gasteiger partial charge in [-0.05, 0) is 24.4 Å². The Kier molecular flexibility index (Phi) is 3.28. The van der Waals surface area contributed by atoms with Crippen LogP contribution in [-0.4, -0.2) is 34.5 Å². The molecule has 5 heteroatoms. The number of nitrogens with zero attached hydrogens (tertiary/aromatic N) is 2. The lowest BCUT2D eigenvalue weighted by Crippen LogP contribution is -2.22. The molecular weight excluding hydrogens is 234 g/mol. The van der Waals surface area contributed by atoms with Crippen LogP contribution in [0.25, 0.3) is 11.0 Å². The van der Waals surface area contributed by atoms with Crippen molar-refractivity contribution in [3.05, 3.63) is 29.0 Å². The summed E-state index contributed by atoms with van der Waals surface area (Å²) >= 11 is 5.25. The minimum absolute atomic E-state index is 0.109. The fraction of sp³-hybridized carbons (Fsp3) is 0.333. The molecule has 1 aromatic carbocycles. The van der Waals surface area contributed by atoms with Crippen molar-refractivity contribution in [2.24, 2.45) is 0 Å². The number of nitrogens with one attached hydrogen (secondary N) is 1. The molecule has 0 radical (unpaired) electrons. The van der Waals surface area contributed by atoms with E-state index in [0.717, 1.165) is 11.0 Å². The van der Waals surface area contributed by atoms with E-state index in [1.807, 2.05) is 28.8 Å². The number of benzene rings is 1. The number of aryl methyl sites for hydroxylation is 1. The molecule has 0 spiro atoms. The number of H-pyrrole nitrogens is 1. The Bertz CT molecular complexity index is 597. The summed E-state index contributed by atoms with van der Waals surface area (Å²) in [5.41, 5.74) is 2.05. The van der Waals surface area contributed by atoms with Gasteiger partial charge in [0.2, 0.25) is 5.91 Å². The number of aromatic nitrogens is 2. The third-order valence-electron chi connectivity index (χ3n) is 2.73. The van der Waals surface area contributed by atoms with Crippen LogP contribution in [-0.2, 0) is 11.3 Å². The Hall–Kier alpha value is -1.62. The fourth-order valence-electron chi connectivity index (χ4n) is 1.76. The summed E-state index contributed by atoms with van der Waals surface area (Å²) in [7, 11) is 3.52. The molecule has 2 rings (SSSR count).